The number of benzene rings is 1. The highest BCUT2D eigenvalue weighted by Gasteiger charge is 2.09. The van der Waals surface area contributed by atoms with Crippen LogP contribution in [-0.2, 0) is 6.54 Å². The average molecular weight is 316 g/mol. The maximum atomic E-state index is 5.56. The molecule has 0 aliphatic rings. The molecule has 5 heteroatoms. The number of anilines is 1. The Hall–Kier alpha value is -1.69. The first-order valence-electron chi connectivity index (χ1n) is 6.64. The molecule has 3 nitrogen and oxygen atoms in total. The van der Waals surface area contributed by atoms with E-state index in [0.29, 0.717) is 0 Å². The van der Waals surface area contributed by atoms with Gasteiger partial charge in [-0.15, -0.1) is 11.3 Å². The van der Waals surface area contributed by atoms with Crippen molar-refractivity contribution in [3.63, 3.8) is 0 Å². The van der Waals surface area contributed by atoms with Crippen LogP contribution in [0.15, 0.2) is 62.7 Å². The molecule has 0 unspecified atom stereocenters. The van der Waals surface area contributed by atoms with Crippen molar-refractivity contribution in [2.45, 2.75) is 10.8 Å². The Labute approximate surface area is 132 Å². The molecule has 1 aromatic carbocycles. The summed E-state index contributed by atoms with van der Waals surface area (Å²) in [5, 5.41) is 5.25. The molecule has 0 fully saturated rings. The molecule has 0 spiro atoms. The Morgan fingerprint density at radius 1 is 1.19 bits per heavy atom. The van der Waals surface area contributed by atoms with Crippen molar-refractivity contribution in [3.8, 4) is 11.3 Å². The normalized spacial score (nSPS) is 10.7. The van der Waals surface area contributed by atoms with E-state index in [4.69, 9.17) is 4.42 Å². The largest absolute Gasteiger partial charge is 0.464 e. The van der Waals surface area contributed by atoms with Crippen LogP contribution in [0.5, 0.6) is 0 Å². The monoisotopic (exact) mass is 316 g/mol. The summed E-state index contributed by atoms with van der Waals surface area (Å²) in [5.41, 5.74) is 3.37. The highest BCUT2D eigenvalue weighted by atomic mass is 32.2. The molecule has 0 bridgehead atoms. The number of furan rings is 1. The molecule has 2 heterocycles. The second-order valence-electron chi connectivity index (χ2n) is 4.52. The first-order valence-corrected chi connectivity index (χ1v) is 8.34. The van der Waals surface area contributed by atoms with Gasteiger partial charge in [0, 0.05) is 12.1 Å². The van der Waals surface area contributed by atoms with Gasteiger partial charge in [-0.05, 0) is 60.3 Å². The van der Waals surface area contributed by atoms with Crippen LogP contribution in [0.4, 0.5) is 5.69 Å². The highest BCUT2D eigenvalue weighted by molar-refractivity contribution is 8.02. The summed E-state index contributed by atoms with van der Waals surface area (Å²) in [6.07, 6.45) is 1.70. The molecule has 0 saturated heterocycles. The molecular formula is C16H16N2OS2. The predicted octanol–water partition coefficient (Wildman–Crippen LogP) is 4.85. The zero-order chi connectivity index (χ0) is 14.5. The maximum absolute atomic E-state index is 5.56. The van der Waals surface area contributed by atoms with Crippen molar-refractivity contribution in [2.75, 3.05) is 11.8 Å². The summed E-state index contributed by atoms with van der Waals surface area (Å²) in [6.45, 7) is 0.839. The zero-order valence-electron chi connectivity index (χ0n) is 11.6. The smallest absolute Gasteiger partial charge is 0.135 e. The van der Waals surface area contributed by atoms with Gasteiger partial charge in [-0.1, -0.05) is 12.1 Å². The van der Waals surface area contributed by atoms with Crippen molar-refractivity contribution in [1.82, 2.24) is 5.32 Å². The topological polar surface area (TPSA) is 37.2 Å². The molecule has 3 aromatic rings. The predicted molar refractivity (Wildman–Crippen MR) is 90.7 cm³/mol. The second kappa shape index (κ2) is 6.85. The summed E-state index contributed by atoms with van der Waals surface area (Å²) in [5.74, 6) is 0.877. The van der Waals surface area contributed by atoms with Gasteiger partial charge in [0.25, 0.3) is 0 Å². The molecule has 0 aliphatic carbocycles. The van der Waals surface area contributed by atoms with E-state index in [-0.39, 0.29) is 0 Å². The van der Waals surface area contributed by atoms with E-state index in [1.165, 1.54) is 9.77 Å². The van der Waals surface area contributed by atoms with Gasteiger partial charge >= 0.3 is 0 Å². The first-order chi connectivity index (χ1) is 10.4. The van der Waals surface area contributed by atoms with Crippen molar-refractivity contribution in [1.29, 1.82) is 0 Å². The molecule has 0 aliphatic heterocycles. The highest BCUT2D eigenvalue weighted by Crippen LogP contribution is 2.33. The molecular weight excluding hydrogens is 300 g/mol. The van der Waals surface area contributed by atoms with Crippen LogP contribution in [-0.4, -0.2) is 7.05 Å². The number of nitrogens with one attached hydrogen (secondary N) is 2. The lowest BCUT2D eigenvalue weighted by Crippen LogP contribution is -2.05. The van der Waals surface area contributed by atoms with Gasteiger partial charge < -0.3 is 14.5 Å². The fourth-order valence-electron chi connectivity index (χ4n) is 2.06. The van der Waals surface area contributed by atoms with E-state index in [1.54, 1.807) is 29.5 Å². The summed E-state index contributed by atoms with van der Waals surface area (Å²) >= 11 is 3.35. The van der Waals surface area contributed by atoms with E-state index in [1.807, 2.05) is 19.2 Å². The minimum Gasteiger partial charge on any atom is -0.464 e. The molecule has 2 N–H and O–H groups in total. The third kappa shape index (κ3) is 3.50. The molecule has 2 aromatic heterocycles. The van der Waals surface area contributed by atoms with Crippen LogP contribution in [0.3, 0.4) is 0 Å². The van der Waals surface area contributed by atoms with Crippen molar-refractivity contribution in [3.05, 3.63) is 59.7 Å². The number of thiophene rings is 1. The number of rotatable bonds is 6. The number of hydrogen-bond donors (Lipinski definition) is 2. The maximum Gasteiger partial charge on any atom is 0.135 e. The Morgan fingerprint density at radius 3 is 2.86 bits per heavy atom. The second-order valence-corrected chi connectivity index (χ2v) is 6.58. The van der Waals surface area contributed by atoms with Gasteiger partial charge in [0.05, 0.1) is 16.2 Å². The molecule has 0 saturated carbocycles. The SMILES string of the molecule is CNCc1ccc(NSc2cccs2)c(-c2ccco2)c1. The van der Waals surface area contributed by atoms with E-state index in [9.17, 15) is 0 Å². The van der Waals surface area contributed by atoms with Gasteiger partial charge in [-0.25, -0.2) is 0 Å². The van der Waals surface area contributed by atoms with Gasteiger partial charge in [-0.3, -0.25) is 0 Å². The lowest BCUT2D eigenvalue weighted by molar-refractivity contribution is 0.582. The third-order valence-electron chi connectivity index (χ3n) is 3.01. The van der Waals surface area contributed by atoms with Crippen LogP contribution in [0, 0.1) is 0 Å². The molecule has 0 atom stereocenters. The zero-order valence-corrected chi connectivity index (χ0v) is 13.3. The van der Waals surface area contributed by atoms with Gasteiger partial charge in [0.2, 0.25) is 0 Å². The third-order valence-corrected chi connectivity index (χ3v) is 4.87. The van der Waals surface area contributed by atoms with Crippen LogP contribution in [0.25, 0.3) is 11.3 Å². The molecule has 3 rings (SSSR count). The quantitative estimate of drug-likeness (QED) is 0.638. The molecule has 0 radical (unpaired) electrons. The van der Waals surface area contributed by atoms with Crippen LogP contribution in [0.1, 0.15) is 5.56 Å². The Bertz CT molecular complexity index is 678. The number of hydrogen-bond acceptors (Lipinski definition) is 5. The minimum absolute atomic E-state index is 0.839. The van der Waals surface area contributed by atoms with Crippen LogP contribution in [0.2, 0.25) is 0 Å². The van der Waals surface area contributed by atoms with Gasteiger partial charge in [0.15, 0.2) is 0 Å². The van der Waals surface area contributed by atoms with E-state index in [0.717, 1.165) is 23.6 Å². The molecule has 0 amide bonds. The van der Waals surface area contributed by atoms with Crippen molar-refractivity contribution < 1.29 is 4.42 Å². The summed E-state index contributed by atoms with van der Waals surface area (Å²) < 4.78 is 10.2. The van der Waals surface area contributed by atoms with Gasteiger partial charge in [-0.2, -0.15) is 0 Å². The van der Waals surface area contributed by atoms with E-state index >= 15 is 0 Å². The lowest BCUT2D eigenvalue weighted by atomic mass is 10.1. The summed E-state index contributed by atoms with van der Waals surface area (Å²) in [4.78, 5) is 0. The molecule has 21 heavy (non-hydrogen) atoms. The van der Waals surface area contributed by atoms with Crippen LogP contribution < -0.4 is 10.0 Å². The fourth-order valence-corrected chi connectivity index (χ4v) is 3.52. The molecule has 108 valence electrons. The van der Waals surface area contributed by atoms with Crippen molar-refractivity contribution >= 4 is 29.0 Å². The standard InChI is InChI=1S/C16H16N2OS2/c1-17-11-12-6-7-14(18-21-16-5-3-9-20-16)13(10-12)15-4-2-8-19-15/h2-10,17-18H,11H2,1H3. The minimum atomic E-state index is 0.839. The lowest BCUT2D eigenvalue weighted by Gasteiger charge is -2.11. The average Bonchev–Trinajstić information content (AvgIpc) is 3.20. The summed E-state index contributed by atoms with van der Waals surface area (Å²) in [6, 6.07) is 14.4. The van der Waals surface area contributed by atoms with E-state index < -0.39 is 0 Å². The van der Waals surface area contributed by atoms with E-state index in [2.05, 4.69) is 45.8 Å². The summed E-state index contributed by atoms with van der Waals surface area (Å²) in [7, 11) is 1.95. The van der Waals surface area contributed by atoms with Crippen molar-refractivity contribution in [2.24, 2.45) is 0 Å². The first kappa shape index (κ1) is 14.3. The Kier molecular flexibility index (Phi) is 4.65. The Balaban J connectivity index is 1.87. The fraction of sp³-hybridized carbons (Fsp3) is 0.125. The van der Waals surface area contributed by atoms with Gasteiger partial charge in [0.1, 0.15) is 5.76 Å². The Morgan fingerprint density at radius 2 is 2.14 bits per heavy atom. The van der Waals surface area contributed by atoms with Crippen LogP contribution >= 0.6 is 23.3 Å².